The molecular weight excluding hydrogens is 277 g/mol. The first-order chi connectivity index (χ1) is 9.97. The lowest BCUT2D eigenvalue weighted by atomic mass is 10.0. The Kier molecular flexibility index (Phi) is 4.52. The van der Waals surface area contributed by atoms with Crippen LogP contribution < -0.4 is 16.4 Å². The molecule has 1 aromatic rings. The predicted molar refractivity (Wildman–Crippen MR) is 72.4 cm³/mol. The molecule has 112 valence electrons. The number of hydrogen-bond acceptors (Lipinski definition) is 3. The number of rotatable bonds is 5. The number of amides is 3. The summed E-state index contributed by atoms with van der Waals surface area (Å²) in [5, 5.41) is 4.96. The summed E-state index contributed by atoms with van der Waals surface area (Å²) in [5.74, 6) is -1.91. The number of carbonyl (C=O) groups is 3. The van der Waals surface area contributed by atoms with Gasteiger partial charge in [0.1, 0.15) is 17.9 Å². The van der Waals surface area contributed by atoms with Gasteiger partial charge in [-0.1, -0.05) is 18.2 Å². The van der Waals surface area contributed by atoms with E-state index in [1.165, 1.54) is 18.2 Å². The van der Waals surface area contributed by atoms with Gasteiger partial charge >= 0.3 is 0 Å². The van der Waals surface area contributed by atoms with Crippen LogP contribution in [0.25, 0.3) is 0 Å². The van der Waals surface area contributed by atoms with Crippen LogP contribution >= 0.6 is 0 Å². The smallest absolute Gasteiger partial charge is 0.243 e. The van der Waals surface area contributed by atoms with E-state index in [1.807, 2.05) is 0 Å². The van der Waals surface area contributed by atoms with Crippen molar-refractivity contribution in [2.75, 3.05) is 0 Å². The van der Waals surface area contributed by atoms with Gasteiger partial charge in [-0.25, -0.2) is 4.39 Å². The van der Waals surface area contributed by atoms with Crippen LogP contribution in [0.3, 0.4) is 0 Å². The van der Waals surface area contributed by atoms with Crippen LogP contribution in [0.2, 0.25) is 0 Å². The maximum Gasteiger partial charge on any atom is 0.243 e. The summed E-state index contributed by atoms with van der Waals surface area (Å²) in [6.45, 7) is 0. The fourth-order valence-electron chi connectivity index (χ4n) is 2.19. The van der Waals surface area contributed by atoms with E-state index in [0.717, 1.165) is 0 Å². The molecule has 7 heteroatoms. The van der Waals surface area contributed by atoms with Crippen molar-refractivity contribution in [3.05, 3.63) is 35.6 Å². The second-order valence-electron chi connectivity index (χ2n) is 4.92. The first-order valence-electron chi connectivity index (χ1n) is 6.60. The van der Waals surface area contributed by atoms with Crippen molar-refractivity contribution in [1.29, 1.82) is 0 Å². The number of carbonyl (C=O) groups excluding carboxylic acids is 3. The summed E-state index contributed by atoms with van der Waals surface area (Å²) in [6, 6.07) is 4.27. The molecule has 0 aliphatic carbocycles. The molecule has 0 spiro atoms. The maximum atomic E-state index is 13.6. The lowest BCUT2D eigenvalue weighted by Crippen LogP contribution is -2.51. The van der Waals surface area contributed by atoms with Gasteiger partial charge in [0.15, 0.2) is 0 Å². The van der Waals surface area contributed by atoms with Gasteiger partial charge in [0, 0.05) is 12.8 Å². The molecule has 3 amide bonds. The summed E-state index contributed by atoms with van der Waals surface area (Å²) in [7, 11) is 0. The van der Waals surface area contributed by atoms with Crippen LogP contribution in [0.1, 0.15) is 18.4 Å². The van der Waals surface area contributed by atoms with E-state index >= 15 is 0 Å². The van der Waals surface area contributed by atoms with E-state index in [4.69, 9.17) is 5.73 Å². The van der Waals surface area contributed by atoms with E-state index in [0.29, 0.717) is 6.42 Å². The SMILES string of the molecule is NC(=O)[C@@H](Cc1ccccc1F)NC(=O)[C@@H]1CCC(=O)N1. The normalized spacial score (nSPS) is 18.9. The highest BCUT2D eigenvalue weighted by Crippen LogP contribution is 2.11. The lowest BCUT2D eigenvalue weighted by Gasteiger charge is -2.18. The Morgan fingerprint density at radius 3 is 2.71 bits per heavy atom. The highest BCUT2D eigenvalue weighted by Gasteiger charge is 2.30. The quantitative estimate of drug-likeness (QED) is 0.689. The lowest BCUT2D eigenvalue weighted by molar-refractivity contribution is -0.129. The van der Waals surface area contributed by atoms with E-state index in [-0.39, 0.29) is 24.3 Å². The Balaban J connectivity index is 2.03. The Bertz CT molecular complexity index is 576. The molecular formula is C14H16FN3O3. The van der Waals surface area contributed by atoms with Crippen molar-refractivity contribution in [3.63, 3.8) is 0 Å². The zero-order chi connectivity index (χ0) is 15.4. The first-order valence-corrected chi connectivity index (χ1v) is 6.60. The monoisotopic (exact) mass is 293 g/mol. The van der Waals surface area contributed by atoms with Crippen LogP contribution in [0.15, 0.2) is 24.3 Å². The van der Waals surface area contributed by atoms with Gasteiger partial charge < -0.3 is 16.4 Å². The van der Waals surface area contributed by atoms with E-state index in [9.17, 15) is 18.8 Å². The van der Waals surface area contributed by atoms with Crippen LogP contribution in [-0.4, -0.2) is 29.8 Å². The fraction of sp³-hybridized carbons (Fsp3) is 0.357. The number of primary amides is 1. The molecule has 2 rings (SSSR count). The molecule has 4 N–H and O–H groups in total. The standard InChI is InChI=1S/C14H16FN3O3/c15-9-4-2-1-3-8(9)7-11(13(16)20)18-14(21)10-5-6-12(19)17-10/h1-4,10-11H,5-7H2,(H2,16,20)(H,17,19)(H,18,21)/t10-,11+/m0/s1. The minimum atomic E-state index is -1.02. The van der Waals surface area contributed by atoms with E-state index < -0.39 is 29.7 Å². The Labute approximate surface area is 120 Å². The Hall–Kier alpha value is -2.44. The van der Waals surface area contributed by atoms with Gasteiger partial charge in [-0.15, -0.1) is 0 Å². The second kappa shape index (κ2) is 6.34. The second-order valence-corrected chi connectivity index (χ2v) is 4.92. The zero-order valence-corrected chi connectivity index (χ0v) is 11.3. The van der Waals surface area contributed by atoms with E-state index in [2.05, 4.69) is 10.6 Å². The van der Waals surface area contributed by atoms with Gasteiger partial charge in [0.05, 0.1) is 0 Å². The molecule has 1 aromatic carbocycles. The van der Waals surface area contributed by atoms with Crippen molar-refractivity contribution in [1.82, 2.24) is 10.6 Å². The van der Waals surface area contributed by atoms with E-state index in [1.54, 1.807) is 6.07 Å². The molecule has 0 aromatic heterocycles. The van der Waals surface area contributed by atoms with Gasteiger partial charge in [-0.2, -0.15) is 0 Å². The third kappa shape index (κ3) is 3.77. The molecule has 0 bridgehead atoms. The third-order valence-electron chi connectivity index (χ3n) is 3.35. The minimum Gasteiger partial charge on any atom is -0.368 e. The first kappa shape index (κ1) is 15.0. The van der Waals surface area contributed by atoms with Crippen LogP contribution in [0, 0.1) is 5.82 Å². The topological polar surface area (TPSA) is 101 Å². The van der Waals surface area contributed by atoms with Crippen LogP contribution in [-0.2, 0) is 20.8 Å². The average molecular weight is 293 g/mol. The van der Waals surface area contributed by atoms with Crippen LogP contribution in [0.4, 0.5) is 4.39 Å². The van der Waals surface area contributed by atoms with Crippen molar-refractivity contribution < 1.29 is 18.8 Å². The number of hydrogen-bond donors (Lipinski definition) is 3. The van der Waals surface area contributed by atoms with Gasteiger partial charge in [-0.05, 0) is 18.1 Å². The molecule has 1 heterocycles. The molecule has 0 unspecified atom stereocenters. The minimum absolute atomic E-state index is 0.0333. The molecule has 2 atom stereocenters. The summed E-state index contributed by atoms with van der Waals surface area (Å²) in [6.07, 6.45) is 0.608. The molecule has 21 heavy (non-hydrogen) atoms. The molecule has 1 saturated heterocycles. The maximum absolute atomic E-state index is 13.6. The molecule has 1 fully saturated rings. The van der Waals surface area contributed by atoms with Crippen LogP contribution in [0.5, 0.6) is 0 Å². The molecule has 1 aliphatic rings. The molecule has 6 nitrogen and oxygen atoms in total. The fourth-order valence-corrected chi connectivity index (χ4v) is 2.19. The highest BCUT2D eigenvalue weighted by molar-refractivity contribution is 5.93. The average Bonchev–Trinajstić information content (AvgIpc) is 2.87. The molecule has 0 radical (unpaired) electrons. The highest BCUT2D eigenvalue weighted by atomic mass is 19.1. The Morgan fingerprint density at radius 1 is 1.43 bits per heavy atom. The molecule has 1 aliphatic heterocycles. The van der Waals surface area contributed by atoms with Gasteiger partial charge in [0.25, 0.3) is 0 Å². The van der Waals surface area contributed by atoms with Crippen molar-refractivity contribution in [2.45, 2.75) is 31.3 Å². The number of benzene rings is 1. The van der Waals surface area contributed by atoms with Gasteiger partial charge in [-0.3, -0.25) is 14.4 Å². The number of nitrogens with two attached hydrogens (primary N) is 1. The number of halogens is 1. The summed E-state index contributed by atoms with van der Waals surface area (Å²) >= 11 is 0. The third-order valence-corrected chi connectivity index (χ3v) is 3.35. The number of nitrogens with one attached hydrogen (secondary N) is 2. The summed E-state index contributed by atoms with van der Waals surface area (Å²) < 4.78 is 13.6. The summed E-state index contributed by atoms with van der Waals surface area (Å²) in [5.41, 5.74) is 5.53. The molecule has 0 saturated carbocycles. The van der Waals surface area contributed by atoms with Crippen molar-refractivity contribution in [3.8, 4) is 0 Å². The van der Waals surface area contributed by atoms with Crippen molar-refractivity contribution >= 4 is 17.7 Å². The van der Waals surface area contributed by atoms with Gasteiger partial charge in [0.2, 0.25) is 17.7 Å². The predicted octanol–water partition coefficient (Wildman–Crippen LogP) is -0.383. The Morgan fingerprint density at radius 2 is 2.14 bits per heavy atom. The zero-order valence-electron chi connectivity index (χ0n) is 11.3. The van der Waals surface area contributed by atoms with Crippen molar-refractivity contribution in [2.24, 2.45) is 5.73 Å². The summed E-state index contributed by atoms with van der Waals surface area (Å²) in [4.78, 5) is 34.5. The largest absolute Gasteiger partial charge is 0.368 e.